The summed E-state index contributed by atoms with van der Waals surface area (Å²) >= 11 is 0. The van der Waals surface area contributed by atoms with Gasteiger partial charge in [0.05, 0.1) is 31.8 Å². The Labute approximate surface area is 101 Å². The van der Waals surface area contributed by atoms with E-state index in [0.717, 1.165) is 0 Å². The molecular weight excluding hydrogens is 260 g/mol. The highest BCUT2D eigenvalue weighted by Crippen LogP contribution is 2.11. The van der Waals surface area contributed by atoms with Gasteiger partial charge >= 0.3 is 12.3 Å². The van der Waals surface area contributed by atoms with E-state index in [-0.39, 0.29) is 0 Å². The van der Waals surface area contributed by atoms with Crippen LogP contribution in [0.1, 0.15) is 0 Å². The largest absolute Gasteiger partial charge is 0.411 e. The molecule has 0 fully saturated rings. The van der Waals surface area contributed by atoms with Crippen molar-refractivity contribution in [1.82, 2.24) is 0 Å². The van der Waals surface area contributed by atoms with Crippen LogP contribution in [0.15, 0.2) is 0 Å². The van der Waals surface area contributed by atoms with Gasteiger partial charge in [0.25, 0.3) is 0 Å². The van der Waals surface area contributed by atoms with Crippen LogP contribution in [0.5, 0.6) is 0 Å². The molecule has 0 radical (unpaired) electrons. The first-order valence-electron chi connectivity index (χ1n) is 4.43. The fraction of sp³-hybridized carbons (Fsp3) is 1.00. The first kappa shape index (κ1) is 19.9. The highest BCUT2D eigenvalue weighted by atomic mass is 17.0. The third-order valence-electron chi connectivity index (χ3n) is 1.62. The van der Waals surface area contributed by atoms with Crippen molar-refractivity contribution >= 4 is 0 Å². The van der Waals surface area contributed by atoms with E-state index in [1.165, 1.54) is 0 Å². The Bertz CT molecular complexity index is 171. The van der Waals surface area contributed by atoms with E-state index >= 15 is 0 Å². The molecule has 0 saturated heterocycles. The molecule has 11 nitrogen and oxygen atoms in total. The standard InChI is InChI=1S/C5H12O4.C2H6O7/c6-1-5(2-7,3-8)4-9;3-1(4,5)9-2(6,7)8/h6-9H,1-4H2;3-8H. The lowest BCUT2D eigenvalue weighted by Crippen LogP contribution is -2.44. The predicted octanol–water partition coefficient (Wildman–Crippen LogP) is -5.88. The van der Waals surface area contributed by atoms with Crippen LogP contribution in [0.4, 0.5) is 0 Å². The third-order valence-corrected chi connectivity index (χ3v) is 1.62. The Hall–Kier alpha value is -0.440. The molecule has 112 valence electrons. The van der Waals surface area contributed by atoms with Crippen LogP contribution in [-0.4, -0.2) is 89.8 Å². The molecule has 0 unspecified atom stereocenters. The molecule has 0 bridgehead atoms. The lowest BCUT2D eigenvalue weighted by Gasteiger charge is -2.23. The summed E-state index contributed by atoms with van der Waals surface area (Å²) in [5.41, 5.74) is -1.11. The topological polar surface area (TPSA) is 212 Å². The highest BCUT2D eigenvalue weighted by Gasteiger charge is 2.33. The summed E-state index contributed by atoms with van der Waals surface area (Å²) in [5.74, 6) is 0. The summed E-state index contributed by atoms with van der Waals surface area (Å²) in [6, 6.07) is 0. The van der Waals surface area contributed by atoms with Gasteiger partial charge in [-0.2, -0.15) is 0 Å². The molecular formula is C7H18O11. The third kappa shape index (κ3) is 10.7. The molecule has 0 aliphatic carbocycles. The Morgan fingerprint density at radius 1 is 0.556 bits per heavy atom. The van der Waals surface area contributed by atoms with E-state index in [0.29, 0.717) is 0 Å². The zero-order chi connectivity index (χ0) is 15.0. The van der Waals surface area contributed by atoms with Crippen molar-refractivity contribution in [2.24, 2.45) is 5.41 Å². The first-order valence-corrected chi connectivity index (χ1v) is 4.43. The molecule has 0 rings (SSSR count). The number of ether oxygens (including phenoxy) is 1. The minimum Gasteiger partial charge on any atom is -0.396 e. The number of hydrogen-bond donors (Lipinski definition) is 10. The summed E-state index contributed by atoms with van der Waals surface area (Å²) in [4.78, 5) is 0. The van der Waals surface area contributed by atoms with Gasteiger partial charge in [-0.15, -0.1) is 0 Å². The zero-order valence-corrected chi connectivity index (χ0v) is 9.21. The average molecular weight is 278 g/mol. The zero-order valence-electron chi connectivity index (χ0n) is 9.21. The SMILES string of the molecule is OC(O)(O)OC(O)(O)O.OCC(CO)(CO)CO. The van der Waals surface area contributed by atoms with Crippen molar-refractivity contribution in [3.63, 3.8) is 0 Å². The highest BCUT2D eigenvalue weighted by molar-refractivity contribution is 4.74. The van der Waals surface area contributed by atoms with Crippen molar-refractivity contribution in [2.45, 2.75) is 12.3 Å². The molecule has 0 spiro atoms. The smallest absolute Gasteiger partial charge is 0.396 e. The summed E-state index contributed by atoms with van der Waals surface area (Å²) in [7, 11) is 0. The maximum Gasteiger partial charge on any atom is 0.411 e. The Morgan fingerprint density at radius 3 is 0.778 bits per heavy atom. The average Bonchev–Trinajstić information content (AvgIpc) is 2.17. The van der Waals surface area contributed by atoms with E-state index in [2.05, 4.69) is 4.74 Å². The quantitative estimate of drug-likeness (QED) is 0.206. The van der Waals surface area contributed by atoms with Gasteiger partial charge < -0.3 is 51.1 Å². The summed E-state index contributed by atoms with van der Waals surface area (Å²) in [5, 5.41) is 80.6. The lowest BCUT2D eigenvalue weighted by molar-refractivity contribution is -0.586. The van der Waals surface area contributed by atoms with Gasteiger partial charge in [0.15, 0.2) is 0 Å². The molecule has 11 heteroatoms. The monoisotopic (exact) mass is 278 g/mol. The Morgan fingerprint density at radius 2 is 0.778 bits per heavy atom. The summed E-state index contributed by atoms with van der Waals surface area (Å²) in [6.45, 7) is -1.62. The Kier molecular flexibility index (Phi) is 8.70. The van der Waals surface area contributed by atoms with E-state index in [9.17, 15) is 0 Å². The molecule has 0 aliphatic rings. The van der Waals surface area contributed by atoms with Gasteiger partial charge in [0, 0.05) is 0 Å². The molecule has 0 aliphatic heterocycles. The van der Waals surface area contributed by atoms with Gasteiger partial charge in [-0.05, 0) is 0 Å². The lowest BCUT2D eigenvalue weighted by atomic mass is 9.93. The normalized spacial score (nSPS) is 13.0. The van der Waals surface area contributed by atoms with Gasteiger partial charge in [-0.25, -0.2) is 4.74 Å². The van der Waals surface area contributed by atoms with Crippen molar-refractivity contribution in [3.8, 4) is 0 Å². The summed E-state index contributed by atoms with van der Waals surface area (Å²) < 4.78 is 2.96. The Balaban J connectivity index is 0. The molecule has 0 aromatic heterocycles. The van der Waals surface area contributed by atoms with Crippen molar-refractivity contribution in [1.29, 1.82) is 0 Å². The van der Waals surface area contributed by atoms with Crippen LogP contribution < -0.4 is 0 Å². The van der Waals surface area contributed by atoms with Gasteiger partial charge in [-0.1, -0.05) is 0 Å². The van der Waals surface area contributed by atoms with E-state index in [4.69, 9.17) is 51.1 Å². The second-order valence-electron chi connectivity index (χ2n) is 3.38. The molecule has 0 heterocycles. The molecule has 0 aromatic rings. The molecule has 18 heavy (non-hydrogen) atoms. The maximum atomic E-state index is 8.50. The van der Waals surface area contributed by atoms with Crippen LogP contribution in [-0.2, 0) is 4.74 Å². The molecule has 0 atom stereocenters. The van der Waals surface area contributed by atoms with Crippen LogP contribution in [0, 0.1) is 5.41 Å². The molecule has 0 amide bonds. The minimum atomic E-state index is -3.77. The molecule has 10 N–H and O–H groups in total. The molecule has 0 aromatic carbocycles. The minimum absolute atomic E-state index is 0.406. The van der Waals surface area contributed by atoms with Crippen molar-refractivity contribution < 1.29 is 55.8 Å². The van der Waals surface area contributed by atoms with E-state index in [1.54, 1.807) is 0 Å². The van der Waals surface area contributed by atoms with Crippen LogP contribution >= 0.6 is 0 Å². The number of hydrogen-bond acceptors (Lipinski definition) is 11. The van der Waals surface area contributed by atoms with Gasteiger partial charge in [0.2, 0.25) is 0 Å². The maximum absolute atomic E-state index is 8.50. The second-order valence-corrected chi connectivity index (χ2v) is 3.38. The van der Waals surface area contributed by atoms with Gasteiger partial charge in [-0.3, -0.25) is 0 Å². The van der Waals surface area contributed by atoms with Gasteiger partial charge in [0.1, 0.15) is 0 Å². The first-order chi connectivity index (χ1) is 7.95. The number of aliphatic hydroxyl groups is 10. The van der Waals surface area contributed by atoms with E-state index in [1.807, 2.05) is 0 Å². The van der Waals surface area contributed by atoms with Crippen molar-refractivity contribution in [2.75, 3.05) is 26.4 Å². The predicted molar refractivity (Wildman–Crippen MR) is 50.6 cm³/mol. The van der Waals surface area contributed by atoms with E-state index < -0.39 is 44.2 Å². The van der Waals surface area contributed by atoms with Crippen molar-refractivity contribution in [3.05, 3.63) is 0 Å². The fourth-order valence-electron chi connectivity index (χ4n) is 0.484. The second kappa shape index (κ2) is 7.88. The fourth-order valence-corrected chi connectivity index (χ4v) is 0.484. The number of aliphatic hydroxyl groups excluding tert-OH is 4. The molecule has 0 saturated carbocycles. The number of rotatable bonds is 6. The van der Waals surface area contributed by atoms with Crippen LogP contribution in [0.25, 0.3) is 0 Å². The van der Waals surface area contributed by atoms with Crippen LogP contribution in [0.2, 0.25) is 0 Å². The summed E-state index contributed by atoms with van der Waals surface area (Å²) in [6.07, 6.45) is -7.53. The van der Waals surface area contributed by atoms with Crippen LogP contribution in [0.3, 0.4) is 0 Å².